The molecule has 0 bridgehead atoms. The van der Waals surface area contributed by atoms with E-state index in [1.807, 2.05) is 0 Å². The molecule has 0 heterocycles. The van der Waals surface area contributed by atoms with Gasteiger partial charge in [-0.1, -0.05) is 77.6 Å². The molecule has 0 amide bonds. The van der Waals surface area contributed by atoms with E-state index in [1.165, 1.54) is 77.6 Å². The Labute approximate surface area is 160 Å². The summed E-state index contributed by atoms with van der Waals surface area (Å²) in [4.78, 5) is 10.5. The summed E-state index contributed by atoms with van der Waals surface area (Å²) in [6.45, 7) is 6.40. The maximum absolute atomic E-state index is 10.5. The summed E-state index contributed by atoms with van der Waals surface area (Å²) < 4.78 is 15.9. The fraction of sp³-hybridized carbons (Fsp3) is 0.952. The Morgan fingerprint density at radius 1 is 0.692 bits per heavy atom. The van der Waals surface area contributed by atoms with Crippen molar-refractivity contribution in [3.63, 3.8) is 0 Å². The number of carboxylic acids is 1. The van der Waals surface area contributed by atoms with E-state index in [9.17, 15) is 4.79 Å². The number of ether oxygens (including phenoxy) is 3. The number of rotatable bonds is 21. The van der Waals surface area contributed by atoms with E-state index < -0.39 is 12.1 Å². The van der Waals surface area contributed by atoms with E-state index in [1.54, 1.807) is 0 Å². The van der Waals surface area contributed by atoms with Gasteiger partial charge in [-0.25, -0.2) is 4.79 Å². The Morgan fingerprint density at radius 2 is 1.12 bits per heavy atom. The molecule has 1 atom stereocenters. The van der Waals surface area contributed by atoms with Gasteiger partial charge in [-0.15, -0.1) is 0 Å². The summed E-state index contributed by atoms with van der Waals surface area (Å²) in [6, 6.07) is 0. The van der Waals surface area contributed by atoms with E-state index in [0.717, 1.165) is 13.0 Å². The molecule has 0 aliphatic carbocycles. The molecule has 156 valence electrons. The van der Waals surface area contributed by atoms with Gasteiger partial charge in [0.2, 0.25) is 0 Å². The lowest BCUT2D eigenvalue weighted by molar-refractivity contribution is -0.150. The van der Waals surface area contributed by atoms with Crippen LogP contribution in [-0.4, -0.2) is 50.2 Å². The quantitative estimate of drug-likeness (QED) is 0.279. The van der Waals surface area contributed by atoms with Crippen LogP contribution < -0.4 is 0 Å². The van der Waals surface area contributed by atoms with Gasteiger partial charge in [-0.3, -0.25) is 0 Å². The van der Waals surface area contributed by atoms with E-state index in [4.69, 9.17) is 19.3 Å². The third-order valence-corrected chi connectivity index (χ3v) is 4.46. The van der Waals surface area contributed by atoms with Gasteiger partial charge in [0.05, 0.1) is 26.4 Å². The molecular formula is C21H42O5. The monoisotopic (exact) mass is 374 g/mol. The average molecular weight is 375 g/mol. The van der Waals surface area contributed by atoms with Crippen LogP contribution in [0.15, 0.2) is 0 Å². The predicted octanol–water partition coefficient (Wildman–Crippen LogP) is 5.21. The van der Waals surface area contributed by atoms with Gasteiger partial charge in [0.25, 0.3) is 0 Å². The third-order valence-electron chi connectivity index (χ3n) is 4.46. The van der Waals surface area contributed by atoms with E-state index in [-0.39, 0.29) is 0 Å². The van der Waals surface area contributed by atoms with Crippen molar-refractivity contribution in [2.75, 3.05) is 33.0 Å². The Morgan fingerprint density at radius 3 is 1.62 bits per heavy atom. The molecule has 0 saturated heterocycles. The molecule has 0 spiro atoms. The largest absolute Gasteiger partial charge is 0.479 e. The van der Waals surface area contributed by atoms with Crippen LogP contribution >= 0.6 is 0 Å². The predicted molar refractivity (Wildman–Crippen MR) is 106 cm³/mol. The lowest BCUT2D eigenvalue weighted by atomic mass is 10.1. The SMILES string of the molecule is CCCCCCCCCCCCCCOCCOCCOC(C)C(=O)O. The highest BCUT2D eigenvalue weighted by Gasteiger charge is 2.09. The first kappa shape index (κ1) is 25.4. The zero-order valence-electron chi connectivity index (χ0n) is 17.2. The molecule has 0 fully saturated rings. The molecule has 1 unspecified atom stereocenters. The minimum absolute atomic E-state index is 0.298. The average Bonchev–Trinajstić information content (AvgIpc) is 2.63. The fourth-order valence-corrected chi connectivity index (χ4v) is 2.72. The lowest BCUT2D eigenvalue weighted by Crippen LogP contribution is -2.22. The van der Waals surface area contributed by atoms with Crippen molar-refractivity contribution in [2.24, 2.45) is 0 Å². The molecule has 0 aromatic heterocycles. The standard InChI is InChI=1S/C21H42O5/c1-3-4-5-6-7-8-9-10-11-12-13-14-15-24-16-17-25-18-19-26-20(2)21(22)23/h20H,3-19H2,1-2H3,(H,22,23). The lowest BCUT2D eigenvalue weighted by Gasteiger charge is -2.09. The first-order valence-corrected chi connectivity index (χ1v) is 10.7. The van der Waals surface area contributed by atoms with Crippen molar-refractivity contribution < 1.29 is 24.1 Å². The van der Waals surface area contributed by atoms with Gasteiger partial charge in [-0.2, -0.15) is 0 Å². The number of carboxylic acid groups (broad SMARTS) is 1. The van der Waals surface area contributed by atoms with Gasteiger partial charge in [0.15, 0.2) is 6.10 Å². The normalized spacial score (nSPS) is 12.4. The van der Waals surface area contributed by atoms with Crippen LogP contribution in [0.4, 0.5) is 0 Å². The third kappa shape index (κ3) is 19.7. The Bertz CT molecular complexity index is 296. The highest BCUT2D eigenvalue weighted by atomic mass is 16.6. The number of hydrogen-bond acceptors (Lipinski definition) is 4. The minimum Gasteiger partial charge on any atom is -0.479 e. The van der Waals surface area contributed by atoms with Crippen molar-refractivity contribution in [3.8, 4) is 0 Å². The molecular weight excluding hydrogens is 332 g/mol. The van der Waals surface area contributed by atoms with Crippen LogP contribution in [-0.2, 0) is 19.0 Å². The van der Waals surface area contributed by atoms with Crippen LogP contribution in [0.5, 0.6) is 0 Å². The molecule has 5 nitrogen and oxygen atoms in total. The van der Waals surface area contributed by atoms with Crippen LogP contribution in [0.2, 0.25) is 0 Å². The molecule has 1 N–H and O–H groups in total. The molecule has 0 aliphatic heterocycles. The molecule has 0 aromatic rings. The van der Waals surface area contributed by atoms with Gasteiger partial charge in [0.1, 0.15) is 0 Å². The second kappa shape index (κ2) is 20.7. The molecule has 5 heteroatoms. The van der Waals surface area contributed by atoms with Gasteiger partial charge in [-0.05, 0) is 13.3 Å². The second-order valence-electron chi connectivity index (χ2n) is 6.97. The van der Waals surface area contributed by atoms with Crippen molar-refractivity contribution in [2.45, 2.75) is 97.0 Å². The summed E-state index contributed by atoms with van der Waals surface area (Å²) in [5, 5.41) is 8.65. The molecule has 0 radical (unpaired) electrons. The molecule has 0 aliphatic rings. The van der Waals surface area contributed by atoms with E-state index >= 15 is 0 Å². The Balaban J connectivity index is 3.04. The van der Waals surface area contributed by atoms with Gasteiger partial charge in [0, 0.05) is 6.61 Å². The topological polar surface area (TPSA) is 65.0 Å². The first-order chi connectivity index (χ1) is 12.7. The van der Waals surface area contributed by atoms with Crippen LogP contribution in [0.1, 0.15) is 90.9 Å². The van der Waals surface area contributed by atoms with Crippen molar-refractivity contribution in [1.82, 2.24) is 0 Å². The number of unbranched alkanes of at least 4 members (excludes halogenated alkanes) is 11. The van der Waals surface area contributed by atoms with Crippen molar-refractivity contribution in [1.29, 1.82) is 0 Å². The molecule has 0 saturated carbocycles. The summed E-state index contributed by atoms with van der Waals surface area (Å²) in [5.74, 6) is -0.948. The number of carbonyl (C=O) groups is 1. The van der Waals surface area contributed by atoms with Gasteiger partial charge < -0.3 is 19.3 Å². The maximum Gasteiger partial charge on any atom is 0.332 e. The van der Waals surface area contributed by atoms with Gasteiger partial charge >= 0.3 is 5.97 Å². The summed E-state index contributed by atoms with van der Waals surface area (Å²) in [6.07, 6.45) is 15.4. The molecule has 0 aromatic carbocycles. The van der Waals surface area contributed by atoms with Crippen molar-refractivity contribution in [3.05, 3.63) is 0 Å². The molecule has 0 rings (SSSR count). The highest BCUT2D eigenvalue weighted by molar-refractivity contribution is 5.71. The van der Waals surface area contributed by atoms with E-state index in [0.29, 0.717) is 26.4 Å². The summed E-state index contributed by atoms with van der Waals surface area (Å²) in [5.41, 5.74) is 0. The second-order valence-corrected chi connectivity index (χ2v) is 6.97. The van der Waals surface area contributed by atoms with Crippen LogP contribution in [0.25, 0.3) is 0 Å². The highest BCUT2D eigenvalue weighted by Crippen LogP contribution is 2.11. The fourth-order valence-electron chi connectivity index (χ4n) is 2.72. The maximum atomic E-state index is 10.5. The first-order valence-electron chi connectivity index (χ1n) is 10.7. The minimum atomic E-state index is -0.948. The summed E-state index contributed by atoms with van der Waals surface area (Å²) in [7, 11) is 0. The number of aliphatic carboxylic acids is 1. The van der Waals surface area contributed by atoms with E-state index in [2.05, 4.69) is 6.92 Å². The zero-order valence-corrected chi connectivity index (χ0v) is 17.2. The smallest absolute Gasteiger partial charge is 0.332 e. The van der Waals surface area contributed by atoms with Crippen molar-refractivity contribution >= 4 is 5.97 Å². The Kier molecular flexibility index (Phi) is 20.1. The molecule has 26 heavy (non-hydrogen) atoms. The van der Waals surface area contributed by atoms with Crippen LogP contribution in [0, 0.1) is 0 Å². The van der Waals surface area contributed by atoms with Crippen LogP contribution in [0.3, 0.4) is 0 Å². The summed E-state index contributed by atoms with van der Waals surface area (Å²) >= 11 is 0. The Hall–Kier alpha value is -0.650. The zero-order chi connectivity index (χ0) is 19.3. The number of hydrogen-bond donors (Lipinski definition) is 1.